The molecule has 5 aromatic carbocycles. The van der Waals surface area contributed by atoms with E-state index in [4.69, 9.17) is 27.9 Å². The zero-order chi connectivity index (χ0) is 47.6. The topological polar surface area (TPSA) is 146 Å². The molecule has 342 valence electrons. The van der Waals surface area contributed by atoms with Crippen LogP contribution in [-0.2, 0) is 37.4 Å². The SMILES string of the molecule is O=C(c1ccccc1)c1ccc(N2C(=O)C3CC=C4C(CC5C(=O)N(Nc6ncc(C(F)(F)F)cc6Cl)C(=O)C5(c5ccc(Cl)cc5)C4c4ccc(OCc5ccccc5)cc4O)C3C2=O)cc1. The zero-order valence-corrected chi connectivity index (χ0v) is 37.0. The van der Waals surface area contributed by atoms with Crippen molar-refractivity contribution in [3.63, 3.8) is 0 Å². The lowest BCUT2D eigenvalue weighted by molar-refractivity contribution is -0.139. The fourth-order valence-corrected chi connectivity index (χ4v) is 10.8. The first-order valence-corrected chi connectivity index (χ1v) is 22.3. The number of aromatic hydroxyl groups is 1. The van der Waals surface area contributed by atoms with Gasteiger partial charge in [-0.2, -0.15) is 18.2 Å². The summed E-state index contributed by atoms with van der Waals surface area (Å²) in [7, 11) is 0. The molecule has 1 aromatic heterocycles. The highest BCUT2D eigenvalue weighted by molar-refractivity contribution is 6.33. The molecular formula is C52H37Cl2F3N4O7. The molecule has 2 saturated heterocycles. The number of allylic oxidation sites excluding steroid dienone is 2. The van der Waals surface area contributed by atoms with Gasteiger partial charge in [0, 0.05) is 39.9 Å². The van der Waals surface area contributed by atoms with Gasteiger partial charge in [-0.25, -0.2) is 4.98 Å². The third-order valence-corrected chi connectivity index (χ3v) is 14.1. The molecule has 2 aliphatic heterocycles. The number of benzene rings is 5. The summed E-state index contributed by atoms with van der Waals surface area (Å²) in [5.74, 6) is -8.57. The molecular weight excluding hydrogens is 920 g/mol. The molecule has 11 nitrogen and oxygen atoms in total. The minimum atomic E-state index is -4.79. The van der Waals surface area contributed by atoms with Gasteiger partial charge in [0.05, 0.1) is 39.4 Å². The number of nitrogens with one attached hydrogen (secondary N) is 1. The number of anilines is 2. The van der Waals surface area contributed by atoms with Gasteiger partial charge >= 0.3 is 6.18 Å². The number of aromatic nitrogens is 1. The first-order valence-electron chi connectivity index (χ1n) is 21.6. The molecule has 1 saturated carbocycles. The summed E-state index contributed by atoms with van der Waals surface area (Å²) in [5, 5.41) is 12.6. The fraction of sp³-hybridized carbons (Fsp3) is 0.192. The second-order valence-electron chi connectivity index (χ2n) is 17.2. The molecule has 2 N–H and O–H groups in total. The number of rotatable bonds is 10. The molecule has 3 fully saturated rings. The van der Waals surface area contributed by atoms with Crippen LogP contribution in [0.5, 0.6) is 11.5 Å². The Balaban J connectivity index is 1.08. The predicted molar refractivity (Wildman–Crippen MR) is 245 cm³/mol. The number of hydrogen-bond acceptors (Lipinski definition) is 9. The Morgan fingerprint density at radius 2 is 1.49 bits per heavy atom. The average molecular weight is 958 g/mol. The maximum absolute atomic E-state index is 15.6. The summed E-state index contributed by atoms with van der Waals surface area (Å²) in [5.41, 5.74) is 2.53. The molecule has 3 heterocycles. The Labute approximate surface area is 396 Å². The van der Waals surface area contributed by atoms with Crippen molar-refractivity contribution < 1.29 is 47.0 Å². The van der Waals surface area contributed by atoms with Gasteiger partial charge in [-0.15, -0.1) is 0 Å². The summed E-state index contributed by atoms with van der Waals surface area (Å²) in [6.45, 7) is 0.170. The Bertz CT molecular complexity index is 3060. The van der Waals surface area contributed by atoms with E-state index >= 15 is 9.59 Å². The van der Waals surface area contributed by atoms with Gasteiger partial charge in [-0.1, -0.05) is 114 Å². The third kappa shape index (κ3) is 7.39. The van der Waals surface area contributed by atoms with Crippen LogP contribution in [0.3, 0.4) is 0 Å². The van der Waals surface area contributed by atoms with E-state index in [1.807, 2.05) is 36.4 Å². The molecule has 68 heavy (non-hydrogen) atoms. The first-order chi connectivity index (χ1) is 32.7. The van der Waals surface area contributed by atoms with E-state index < -0.39 is 81.2 Å². The number of ketones is 1. The minimum absolute atomic E-state index is 0.0637. The summed E-state index contributed by atoms with van der Waals surface area (Å²) >= 11 is 12.7. The highest BCUT2D eigenvalue weighted by atomic mass is 35.5. The van der Waals surface area contributed by atoms with E-state index in [-0.39, 0.29) is 42.2 Å². The highest BCUT2D eigenvalue weighted by Crippen LogP contribution is 2.65. The molecule has 0 spiro atoms. The van der Waals surface area contributed by atoms with E-state index in [0.29, 0.717) is 50.3 Å². The maximum atomic E-state index is 15.6. The van der Waals surface area contributed by atoms with Crippen LogP contribution in [-0.4, -0.2) is 44.5 Å². The van der Waals surface area contributed by atoms with Crippen LogP contribution in [0, 0.1) is 23.7 Å². The fourth-order valence-electron chi connectivity index (χ4n) is 10.5. The lowest BCUT2D eigenvalue weighted by atomic mass is 9.49. The number of phenolic OH excluding ortho intramolecular Hbond substituents is 1. The molecule has 0 radical (unpaired) electrons. The smallest absolute Gasteiger partial charge is 0.417 e. The molecule has 10 rings (SSSR count). The number of pyridine rings is 1. The number of carbonyl (C=O) groups is 5. The Kier molecular flexibility index (Phi) is 11.2. The molecule has 2 aliphatic carbocycles. The van der Waals surface area contributed by atoms with Gasteiger partial charge < -0.3 is 9.84 Å². The number of imide groups is 2. The summed E-state index contributed by atoms with van der Waals surface area (Å²) in [6.07, 6.45) is -2.54. The first kappa shape index (κ1) is 44.5. The van der Waals surface area contributed by atoms with Gasteiger partial charge in [0.2, 0.25) is 11.8 Å². The molecule has 6 atom stereocenters. The van der Waals surface area contributed by atoms with E-state index in [1.165, 1.54) is 18.2 Å². The van der Waals surface area contributed by atoms with Crippen molar-refractivity contribution in [2.45, 2.75) is 37.0 Å². The van der Waals surface area contributed by atoms with Crippen molar-refractivity contribution in [2.24, 2.45) is 23.7 Å². The Hall–Kier alpha value is -7.29. The number of carbonyl (C=O) groups excluding carboxylic acids is 5. The number of amides is 4. The average Bonchev–Trinajstić information content (AvgIpc) is 3.72. The van der Waals surface area contributed by atoms with Gasteiger partial charge in [-0.3, -0.25) is 34.3 Å². The number of phenols is 1. The molecule has 6 aromatic rings. The number of fused-ring (bicyclic) bond motifs is 4. The van der Waals surface area contributed by atoms with Crippen LogP contribution < -0.4 is 15.1 Å². The van der Waals surface area contributed by atoms with Crippen molar-refractivity contribution in [1.82, 2.24) is 9.99 Å². The third-order valence-electron chi connectivity index (χ3n) is 13.5. The zero-order valence-electron chi connectivity index (χ0n) is 35.5. The lowest BCUT2D eigenvalue weighted by Gasteiger charge is -2.50. The number of halogens is 5. The Morgan fingerprint density at radius 3 is 2.15 bits per heavy atom. The second kappa shape index (κ2) is 17.1. The van der Waals surface area contributed by atoms with E-state index in [2.05, 4.69) is 10.4 Å². The second-order valence-corrected chi connectivity index (χ2v) is 18.0. The molecule has 4 aliphatic rings. The van der Waals surface area contributed by atoms with Crippen LogP contribution in [0.1, 0.15) is 56.9 Å². The van der Waals surface area contributed by atoms with E-state index in [9.17, 15) is 32.7 Å². The Morgan fingerprint density at radius 1 is 0.809 bits per heavy atom. The lowest BCUT2D eigenvalue weighted by Crippen LogP contribution is -2.53. The quantitative estimate of drug-likeness (QED) is 0.0778. The number of alkyl halides is 3. The van der Waals surface area contributed by atoms with Crippen LogP contribution in [0.2, 0.25) is 10.0 Å². The van der Waals surface area contributed by atoms with E-state index in [1.54, 1.807) is 78.9 Å². The van der Waals surface area contributed by atoms with Gasteiger partial charge in [-0.05, 0) is 78.4 Å². The van der Waals surface area contributed by atoms with Crippen molar-refractivity contribution in [3.8, 4) is 11.5 Å². The summed E-state index contributed by atoms with van der Waals surface area (Å²) in [4.78, 5) is 78.3. The molecule has 4 amide bonds. The van der Waals surface area contributed by atoms with Crippen LogP contribution in [0.15, 0.2) is 151 Å². The van der Waals surface area contributed by atoms with Gasteiger partial charge in [0.25, 0.3) is 11.8 Å². The van der Waals surface area contributed by atoms with Crippen molar-refractivity contribution in [1.29, 1.82) is 0 Å². The standard InChI is InChI=1S/C52H37Cl2F3N4O7/c53-33-15-13-31(14-16-33)51-40(48(65)61(50(51)67)59-46-41(54)23-32(26-58-46)52(55,56)57)25-39-36(44(51)37-20-19-35(24-42(37)62)68-27-28-7-3-1-4-8-28)21-22-38-43(39)49(66)60(47(38)64)34-17-11-30(12-18-34)45(63)29-9-5-2-6-10-29/h1-21,23-24,26,38-40,43-44,62H,22,25,27H2,(H,58,59). The largest absolute Gasteiger partial charge is 0.508 e. The molecule has 16 heteroatoms. The summed E-state index contributed by atoms with van der Waals surface area (Å²) in [6, 6.07) is 35.7. The number of ether oxygens (including phenoxy) is 1. The van der Waals surface area contributed by atoms with Crippen LogP contribution in [0.25, 0.3) is 0 Å². The molecule has 6 unspecified atom stereocenters. The van der Waals surface area contributed by atoms with E-state index in [0.717, 1.165) is 10.5 Å². The number of hydrogen-bond donors (Lipinski definition) is 2. The predicted octanol–water partition coefficient (Wildman–Crippen LogP) is 10.1. The summed E-state index contributed by atoms with van der Waals surface area (Å²) < 4.78 is 47.0. The monoisotopic (exact) mass is 956 g/mol. The van der Waals surface area contributed by atoms with Gasteiger partial charge in [0.15, 0.2) is 11.6 Å². The highest BCUT2D eigenvalue weighted by Gasteiger charge is 2.71. The van der Waals surface area contributed by atoms with Crippen molar-refractivity contribution in [2.75, 3.05) is 10.3 Å². The normalized spacial score (nSPS) is 23.2. The van der Waals surface area contributed by atoms with Crippen molar-refractivity contribution >= 4 is 64.1 Å². The van der Waals surface area contributed by atoms with Crippen molar-refractivity contribution in [3.05, 3.63) is 195 Å². The minimum Gasteiger partial charge on any atom is -0.508 e. The van der Waals surface area contributed by atoms with Gasteiger partial charge in [0.1, 0.15) is 18.1 Å². The maximum Gasteiger partial charge on any atom is 0.417 e. The number of hydrazine groups is 1. The molecule has 0 bridgehead atoms. The van der Waals surface area contributed by atoms with Crippen LogP contribution in [0.4, 0.5) is 24.7 Å². The number of nitrogens with zero attached hydrogens (tertiary/aromatic N) is 3. The van der Waals surface area contributed by atoms with Crippen LogP contribution >= 0.6 is 23.2 Å².